The predicted molar refractivity (Wildman–Crippen MR) is 39.4 cm³/mol. The van der Waals surface area contributed by atoms with Crippen molar-refractivity contribution in [2.75, 3.05) is 6.61 Å². The van der Waals surface area contributed by atoms with Crippen LogP contribution in [0.5, 0.6) is 0 Å². The highest BCUT2D eigenvalue weighted by molar-refractivity contribution is 6.65. The number of hydrogen-bond acceptors (Lipinski definition) is 4. The lowest BCUT2D eigenvalue weighted by atomic mass is 10.1. The first-order chi connectivity index (χ1) is 5.65. The van der Waals surface area contributed by atoms with Crippen molar-refractivity contribution in [3.05, 3.63) is 0 Å². The van der Waals surface area contributed by atoms with Crippen molar-refractivity contribution in [1.82, 2.24) is 0 Å². The molecule has 64 valence electrons. The van der Waals surface area contributed by atoms with E-state index in [0.717, 1.165) is 6.21 Å². The van der Waals surface area contributed by atoms with E-state index in [0.29, 0.717) is 0 Å². The van der Waals surface area contributed by atoms with Gasteiger partial charge in [0.1, 0.15) is 11.8 Å². The van der Waals surface area contributed by atoms with Crippen LogP contribution in [-0.2, 0) is 4.79 Å². The molecule has 1 aliphatic heterocycles. The average Bonchev–Trinajstić information content (AvgIpc) is 2.49. The van der Waals surface area contributed by atoms with Crippen LogP contribution in [0.1, 0.15) is 0 Å². The van der Waals surface area contributed by atoms with Gasteiger partial charge in [0.2, 0.25) is 5.78 Å². The molecule has 12 heavy (non-hydrogen) atoms. The van der Waals surface area contributed by atoms with Gasteiger partial charge in [0.05, 0.1) is 12.8 Å². The maximum atomic E-state index is 10.9. The third-order valence-corrected chi connectivity index (χ3v) is 1.24. The molecule has 1 unspecified atom stereocenters. The number of ketones is 1. The van der Waals surface area contributed by atoms with Crippen LogP contribution in [0.15, 0.2) is 9.98 Å². The van der Waals surface area contributed by atoms with Crippen molar-refractivity contribution >= 4 is 23.7 Å². The molecule has 1 atom stereocenters. The zero-order valence-corrected chi connectivity index (χ0v) is 5.97. The largest absolute Gasteiger partial charge is 0.393 e. The number of Topliss-reactive ketones (excluding diaryl/α,β-unsaturated/α-hetero) is 1. The number of carbonyl (C=O) groups is 2. The first kappa shape index (κ1) is 8.69. The fourth-order valence-electron chi connectivity index (χ4n) is 0.649. The quantitative estimate of drug-likeness (QED) is 0.541. The van der Waals surface area contributed by atoms with Gasteiger partial charge >= 0.3 is 6.03 Å². The molecule has 1 rings (SSSR count). The summed E-state index contributed by atoms with van der Waals surface area (Å²) in [5.41, 5.74) is -0.221. The highest BCUT2D eigenvalue weighted by atomic mass is 16.3. The first-order valence-corrected chi connectivity index (χ1v) is 3.15. The molecule has 0 aromatic rings. The van der Waals surface area contributed by atoms with Crippen molar-refractivity contribution < 1.29 is 19.8 Å². The summed E-state index contributed by atoms with van der Waals surface area (Å²) in [6.45, 7) is -0.695. The fourth-order valence-corrected chi connectivity index (χ4v) is 0.649. The Balaban J connectivity index is 2.73. The van der Waals surface area contributed by atoms with Gasteiger partial charge in [-0.25, -0.2) is 4.79 Å². The molecule has 6 nitrogen and oxygen atoms in total. The van der Waals surface area contributed by atoms with Gasteiger partial charge in [0.15, 0.2) is 0 Å². The SMILES string of the molecule is O=C1N=CC(C(=O)C(O)CO)=N1. The Labute approximate surface area is 67.3 Å². The molecule has 0 saturated carbocycles. The van der Waals surface area contributed by atoms with Crippen LogP contribution in [0.25, 0.3) is 0 Å². The Morgan fingerprint density at radius 3 is 2.75 bits per heavy atom. The van der Waals surface area contributed by atoms with Crippen LogP contribution >= 0.6 is 0 Å². The van der Waals surface area contributed by atoms with Crippen LogP contribution in [0, 0.1) is 0 Å². The van der Waals surface area contributed by atoms with Crippen molar-refractivity contribution in [3.63, 3.8) is 0 Å². The Hall–Kier alpha value is -1.40. The molecule has 6 heteroatoms. The maximum absolute atomic E-state index is 10.9. The van der Waals surface area contributed by atoms with Crippen molar-refractivity contribution in [2.24, 2.45) is 9.98 Å². The number of aliphatic imine (C=N–C) groups is 2. The second-order valence-corrected chi connectivity index (χ2v) is 2.10. The van der Waals surface area contributed by atoms with Gasteiger partial charge < -0.3 is 10.2 Å². The van der Waals surface area contributed by atoms with Crippen LogP contribution < -0.4 is 0 Å². The molecule has 2 amide bonds. The minimum atomic E-state index is -1.53. The van der Waals surface area contributed by atoms with E-state index in [9.17, 15) is 9.59 Å². The van der Waals surface area contributed by atoms with Gasteiger partial charge in [-0.05, 0) is 0 Å². The predicted octanol–water partition coefficient (Wildman–Crippen LogP) is -1.45. The molecule has 0 bridgehead atoms. The van der Waals surface area contributed by atoms with E-state index in [1.807, 2.05) is 0 Å². The Kier molecular flexibility index (Phi) is 2.41. The molecule has 0 radical (unpaired) electrons. The maximum Gasteiger partial charge on any atom is 0.367 e. The molecule has 2 N–H and O–H groups in total. The van der Waals surface area contributed by atoms with Gasteiger partial charge in [-0.15, -0.1) is 0 Å². The summed E-state index contributed by atoms with van der Waals surface area (Å²) in [4.78, 5) is 27.7. The molecule has 1 heterocycles. The number of nitrogens with zero attached hydrogens (tertiary/aromatic N) is 2. The summed E-state index contributed by atoms with van der Waals surface area (Å²) in [6.07, 6.45) is -0.565. The van der Waals surface area contributed by atoms with E-state index in [4.69, 9.17) is 10.2 Å². The molecule has 1 aliphatic rings. The van der Waals surface area contributed by atoms with E-state index >= 15 is 0 Å². The van der Waals surface area contributed by atoms with Gasteiger partial charge in [-0.2, -0.15) is 9.98 Å². The van der Waals surface area contributed by atoms with Crippen LogP contribution in [0.3, 0.4) is 0 Å². The smallest absolute Gasteiger partial charge is 0.367 e. The Morgan fingerprint density at radius 2 is 2.33 bits per heavy atom. The monoisotopic (exact) mass is 170 g/mol. The molecular weight excluding hydrogens is 164 g/mol. The van der Waals surface area contributed by atoms with Gasteiger partial charge in [0, 0.05) is 0 Å². The Morgan fingerprint density at radius 1 is 1.67 bits per heavy atom. The Bertz CT molecular complexity index is 281. The normalized spacial score (nSPS) is 17.8. The second kappa shape index (κ2) is 3.33. The summed E-state index contributed by atoms with van der Waals surface area (Å²) < 4.78 is 0. The van der Waals surface area contributed by atoms with E-state index in [2.05, 4.69) is 9.98 Å². The summed E-state index contributed by atoms with van der Waals surface area (Å²) in [5.74, 6) is -0.799. The van der Waals surface area contributed by atoms with Gasteiger partial charge in [0.25, 0.3) is 0 Å². The lowest BCUT2D eigenvalue weighted by molar-refractivity contribution is -0.121. The summed E-state index contributed by atoms with van der Waals surface area (Å²) in [6, 6.07) is -0.775. The number of aliphatic hydroxyl groups is 2. The molecule has 0 fully saturated rings. The van der Waals surface area contributed by atoms with Crippen molar-refractivity contribution in [2.45, 2.75) is 6.10 Å². The van der Waals surface area contributed by atoms with E-state index in [1.165, 1.54) is 0 Å². The van der Waals surface area contributed by atoms with Crippen LogP contribution in [0.2, 0.25) is 0 Å². The number of urea groups is 1. The number of amides is 2. The number of aliphatic hydroxyl groups excluding tert-OH is 2. The minimum Gasteiger partial charge on any atom is -0.393 e. The topological polar surface area (TPSA) is 99.3 Å². The number of rotatable bonds is 3. The van der Waals surface area contributed by atoms with Crippen molar-refractivity contribution in [3.8, 4) is 0 Å². The summed E-state index contributed by atoms with van der Waals surface area (Å²) in [7, 11) is 0. The summed E-state index contributed by atoms with van der Waals surface area (Å²) >= 11 is 0. The van der Waals surface area contributed by atoms with Crippen molar-refractivity contribution in [1.29, 1.82) is 0 Å². The molecule has 0 aromatic carbocycles. The second-order valence-electron chi connectivity index (χ2n) is 2.10. The van der Waals surface area contributed by atoms with Crippen LogP contribution in [0.4, 0.5) is 4.79 Å². The minimum absolute atomic E-state index is 0.221. The number of hydrogen-bond donors (Lipinski definition) is 2. The highest BCUT2D eigenvalue weighted by Crippen LogP contribution is 1.96. The third kappa shape index (κ3) is 1.60. The zero-order valence-electron chi connectivity index (χ0n) is 5.97. The standard InChI is InChI=1S/C6H6N2O4/c9-2-4(10)5(11)3-1-7-6(12)8-3/h1,4,9-10H,2H2. The summed E-state index contributed by atoms with van der Waals surface area (Å²) in [5, 5.41) is 17.2. The number of carbonyl (C=O) groups excluding carboxylic acids is 2. The van der Waals surface area contributed by atoms with E-state index < -0.39 is 24.5 Å². The molecule has 0 aromatic heterocycles. The van der Waals surface area contributed by atoms with Crippen LogP contribution in [-0.4, -0.2) is 46.7 Å². The average molecular weight is 170 g/mol. The fraction of sp³-hybridized carbons (Fsp3) is 0.333. The molecular formula is C6H6N2O4. The highest BCUT2D eigenvalue weighted by Gasteiger charge is 2.22. The third-order valence-electron chi connectivity index (χ3n) is 1.24. The lowest BCUT2D eigenvalue weighted by Gasteiger charge is -2.01. The first-order valence-electron chi connectivity index (χ1n) is 3.15. The lowest BCUT2D eigenvalue weighted by Crippen LogP contribution is -2.31. The zero-order chi connectivity index (χ0) is 9.14. The van der Waals surface area contributed by atoms with E-state index in [-0.39, 0.29) is 5.71 Å². The molecule has 0 spiro atoms. The molecule has 0 aliphatic carbocycles. The van der Waals surface area contributed by atoms with Gasteiger partial charge in [-0.3, -0.25) is 4.79 Å². The van der Waals surface area contributed by atoms with E-state index in [1.54, 1.807) is 0 Å². The molecule has 0 saturated heterocycles. The van der Waals surface area contributed by atoms with Gasteiger partial charge in [-0.1, -0.05) is 0 Å².